The zero-order chi connectivity index (χ0) is 22.4. The molecule has 3 aromatic rings. The molecule has 1 fully saturated rings. The molecular formula is C28H34NO3+. The lowest BCUT2D eigenvalue weighted by Crippen LogP contribution is -2.62. The second-order valence-corrected chi connectivity index (χ2v) is 9.15. The molecule has 3 aromatic carbocycles. The molecule has 0 radical (unpaired) electrons. The lowest BCUT2D eigenvalue weighted by molar-refractivity contribution is -0.956. The van der Waals surface area contributed by atoms with Gasteiger partial charge in [0.1, 0.15) is 56.8 Å². The van der Waals surface area contributed by atoms with E-state index in [1.165, 1.54) is 11.1 Å². The summed E-state index contributed by atoms with van der Waals surface area (Å²) in [6.07, 6.45) is -0.216. The molecule has 0 aromatic heterocycles. The van der Waals surface area contributed by atoms with Crippen LogP contribution in [-0.4, -0.2) is 54.1 Å². The van der Waals surface area contributed by atoms with Gasteiger partial charge in [-0.3, -0.25) is 0 Å². The second-order valence-electron chi connectivity index (χ2n) is 9.15. The van der Waals surface area contributed by atoms with Gasteiger partial charge in [0.15, 0.2) is 0 Å². The molecule has 32 heavy (non-hydrogen) atoms. The van der Waals surface area contributed by atoms with Crippen LogP contribution in [0.5, 0.6) is 5.75 Å². The Morgan fingerprint density at radius 1 is 0.844 bits per heavy atom. The van der Waals surface area contributed by atoms with E-state index in [0.717, 1.165) is 35.4 Å². The van der Waals surface area contributed by atoms with Gasteiger partial charge in [-0.25, -0.2) is 0 Å². The summed E-state index contributed by atoms with van der Waals surface area (Å²) in [6.45, 7) is 7.86. The van der Waals surface area contributed by atoms with Gasteiger partial charge < -0.3 is 19.1 Å². The molecule has 1 heterocycles. The molecule has 0 spiro atoms. The van der Waals surface area contributed by atoms with Gasteiger partial charge in [0.25, 0.3) is 0 Å². The summed E-state index contributed by atoms with van der Waals surface area (Å²) in [6, 6.07) is 28.9. The molecule has 1 aliphatic heterocycles. The molecule has 4 nitrogen and oxygen atoms in total. The Hall–Kier alpha value is -2.66. The number of hydrogen-bond acceptors (Lipinski definition) is 3. The van der Waals surface area contributed by atoms with Gasteiger partial charge in [-0.1, -0.05) is 72.8 Å². The Morgan fingerprint density at radius 2 is 1.41 bits per heavy atom. The van der Waals surface area contributed by atoms with E-state index in [-0.39, 0.29) is 18.8 Å². The highest BCUT2D eigenvalue weighted by Gasteiger charge is 2.39. The van der Waals surface area contributed by atoms with Crippen molar-refractivity contribution in [3.63, 3.8) is 0 Å². The average molecular weight is 433 g/mol. The third kappa shape index (κ3) is 5.98. The fourth-order valence-corrected chi connectivity index (χ4v) is 5.03. The Bertz CT molecular complexity index is 949. The van der Waals surface area contributed by atoms with Crippen LogP contribution in [0.1, 0.15) is 19.4 Å². The molecule has 0 unspecified atom stereocenters. The molecule has 4 heteroatoms. The van der Waals surface area contributed by atoms with Gasteiger partial charge in [-0.05, 0) is 37.1 Å². The van der Waals surface area contributed by atoms with Crippen LogP contribution < -0.4 is 4.74 Å². The first-order chi connectivity index (χ1) is 15.5. The third-order valence-electron chi connectivity index (χ3n) is 6.12. The molecular weight excluding hydrogens is 398 g/mol. The van der Waals surface area contributed by atoms with Crippen molar-refractivity contribution in [2.24, 2.45) is 0 Å². The Morgan fingerprint density at radius 3 is 2.03 bits per heavy atom. The highest BCUT2D eigenvalue weighted by Crippen LogP contribution is 2.25. The minimum Gasteiger partial charge on any atom is -0.491 e. The quantitative estimate of drug-likeness (QED) is 0.514. The third-order valence-corrected chi connectivity index (χ3v) is 6.12. The second kappa shape index (κ2) is 10.3. The number of ether oxygens (including phenoxy) is 2. The minimum atomic E-state index is -0.551. The zero-order valence-corrected chi connectivity index (χ0v) is 19.1. The lowest BCUT2D eigenvalue weighted by atomic mass is 10.1. The smallest absolute Gasteiger partial charge is 0.137 e. The van der Waals surface area contributed by atoms with Crippen molar-refractivity contribution in [3.05, 3.63) is 90.5 Å². The summed E-state index contributed by atoms with van der Waals surface area (Å²) in [5.41, 5.74) is 3.63. The Labute approximate surface area is 191 Å². The van der Waals surface area contributed by atoms with E-state index in [0.29, 0.717) is 6.54 Å². The zero-order valence-electron chi connectivity index (χ0n) is 19.1. The molecule has 1 N–H and O–H groups in total. The summed E-state index contributed by atoms with van der Waals surface area (Å²) in [5.74, 6) is 0.780. The van der Waals surface area contributed by atoms with Crippen LogP contribution in [0, 0.1) is 0 Å². The van der Waals surface area contributed by atoms with Crippen molar-refractivity contribution >= 4 is 0 Å². The lowest BCUT2D eigenvalue weighted by Gasteiger charge is -2.47. The van der Waals surface area contributed by atoms with Crippen molar-refractivity contribution in [2.45, 2.75) is 38.7 Å². The van der Waals surface area contributed by atoms with Gasteiger partial charge in [-0.2, -0.15) is 0 Å². The summed E-state index contributed by atoms with van der Waals surface area (Å²) < 4.78 is 12.8. The fraction of sp³-hybridized carbons (Fsp3) is 0.357. The first-order valence-corrected chi connectivity index (χ1v) is 11.5. The van der Waals surface area contributed by atoms with Crippen LogP contribution in [0.4, 0.5) is 0 Å². The highest BCUT2D eigenvalue weighted by atomic mass is 16.5. The number of hydrogen-bond donors (Lipinski definition) is 1. The van der Waals surface area contributed by atoms with E-state index in [9.17, 15) is 5.11 Å². The number of rotatable bonds is 8. The molecule has 0 aliphatic carbocycles. The van der Waals surface area contributed by atoms with E-state index < -0.39 is 6.10 Å². The molecule has 0 bridgehead atoms. The number of morpholine rings is 1. The Kier molecular flexibility index (Phi) is 7.26. The van der Waals surface area contributed by atoms with Crippen LogP contribution in [-0.2, 0) is 11.3 Å². The fourth-order valence-electron chi connectivity index (χ4n) is 5.03. The maximum Gasteiger partial charge on any atom is 0.137 e. The number of aliphatic hydroxyl groups excluding tert-OH is 1. The Balaban J connectivity index is 1.39. The average Bonchev–Trinajstić information content (AvgIpc) is 2.78. The van der Waals surface area contributed by atoms with E-state index in [1.807, 2.05) is 36.4 Å². The van der Waals surface area contributed by atoms with Crippen LogP contribution in [0.3, 0.4) is 0 Å². The van der Waals surface area contributed by atoms with Gasteiger partial charge in [0.05, 0.1) is 0 Å². The van der Waals surface area contributed by atoms with E-state index >= 15 is 0 Å². The van der Waals surface area contributed by atoms with Crippen molar-refractivity contribution in [3.8, 4) is 16.9 Å². The normalized spacial score (nSPS) is 24.1. The number of quaternary nitrogens is 1. The molecule has 168 valence electrons. The van der Waals surface area contributed by atoms with Crippen LogP contribution in [0.2, 0.25) is 0 Å². The topological polar surface area (TPSA) is 38.7 Å². The monoisotopic (exact) mass is 432 g/mol. The first-order valence-electron chi connectivity index (χ1n) is 11.5. The number of aliphatic hydroxyl groups is 1. The first kappa shape index (κ1) is 22.5. The standard InChI is InChI=1S/C28H34NO3/c1-22-17-29(18-23(2)32-22,19-24-9-5-3-6-10-24)20-27(30)21-31-28-15-13-26(14-16-28)25-11-7-4-8-12-25/h3-16,22-23,27,30H,17-21H2,1-2H3/q+1/t22-,23-,27-/m0/s1. The van der Waals surface area contributed by atoms with E-state index in [4.69, 9.17) is 9.47 Å². The molecule has 0 amide bonds. The van der Waals surface area contributed by atoms with Crippen molar-refractivity contribution in [1.29, 1.82) is 0 Å². The maximum absolute atomic E-state index is 10.9. The van der Waals surface area contributed by atoms with Crippen molar-refractivity contribution in [2.75, 3.05) is 26.2 Å². The summed E-state index contributed by atoms with van der Waals surface area (Å²) >= 11 is 0. The van der Waals surface area contributed by atoms with Gasteiger partial charge >= 0.3 is 0 Å². The summed E-state index contributed by atoms with van der Waals surface area (Å²) in [4.78, 5) is 0. The predicted octanol–water partition coefficient (Wildman–Crippen LogP) is 4.92. The van der Waals surface area contributed by atoms with Crippen molar-refractivity contribution in [1.82, 2.24) is 0 Å². The molecule has 0 saturated carbocycles. The predicted molar refractivity (Wildman–Crippen MR) is 128 cm³/mol. The molecule has 1 aliphatic rings. The SMILES string of the molecule is C[C@H]1C[N+](Cc2ccccc2)(C[C@H](O)COc2ccc(-c3ccccc3)cc2)C[C@H](C)O1. The van der Waals surface area contributed by atoms with E-state index in [2.05, 4.69) is 62.4 Å². The van der Waals surface area contributed by atoms with Crippen molar-refractivity contribution < 1.29 is 19.1 Å². The number of benzene rings is 3. The summed E-state index contributed by atoms with van der Waals surface area (Å²) in [5, 5.41) is 10.9. The van der Waals surface area contributed by atoms with Crippen LogP contribution >= 0.6 is 0 Å². The molecule has 1 saturated heterocycles. The number of nitrogens with zero attached hydrogens (tertiary/aromatic N) is 1. The highest BCUT2D eigenvalue weighted by molar-refractivity contribution is 5.63. The maximum atomic E-state index is 10.9. The van der Waals surface area contributed by atoms with Crippen LogP contribution in [0.25, 0.3) is 11.1 Å². The molecule has 4 rings (SSSR count). The largest absolute Gasteiger partial charge is 0.491 e. The minimum absolute atomic E-state index is 0.168. The van der Waals surface area contributed by atoms with E-state index in [1.54, 1.807) is 0 Å². The summed E-state index contributed by atoms with van der Waals surface area (Å²) in [7, 11) is 0. The molecule has 3 atom stereocenters. The van der Waals surface area contributed by atoms with Gasteiger partial charge in [0, 0.05) is 5.56 Å². The van der Waals surface area contributed by atoms with Gasteiger partial charge in [0.2, 0.25) is 0 Å². The van der Waals surface area contributed by atoms with Crippen LogP contribution in [0.15, 0.2) is 84.9 Å². The van der Waals surface area contributed by atoms with Gasteiger partial charge in [-0.15, -0.1) is 0 Å².